The fourth-order valence-corrected chi connectivity index (χ4v) is 2.14. The van der Waals surface area contributed by atoms with Gasteiger partial charge in [0.1, 0.15) is 0 Å². The molecule has 0 aliphatic rings. The largest absolute Gasteiger partial charge is 0.398 e. The lowest BCUT2D eigenvalue weighted by Crippen LogP contribution is -2.38. The fraction of sp³-hybridized carbons (Fsp3) is 0.462. The van der Waals surface area contributed by atoms with E-state index in [1.807, 2.05) is 13.8 Å². The number of methoxy groups -OCH3 is 1. The Morgan fingerprint density at radius 2 is 2.17 bits per heavy atom. The molecule has 0 fully saturated rings. The van der Waals surface area contributed by atoms with Crippen molar-refractivity contribution >= 4 is 27.5 Å². The number of carbonyl (C=O) groups is 1. The van der Waals surface area contributed by atoms with Gasteiger partial charge in [0.05, 0.1) is 12.6 Å². The van der Waals surface area contributed by atoms with Crippen LogP contribution in [0.4, 0.5) is 5.69 Å². The highest BCUT2D eigenvalue weighted by molar-refractivity contribution is 9.10. The van der Waals surface area contributed by atoms with Crippen LogP contribution in [-0.4, -0.2) is 37.6 Å². The lowest BCUT2D eigenvalue weighted by molar-refractivity contribution is 0.0633. The number of ether oxygens (including phenoxy) is 1. The summed E-state index contributed by atoms with van der Waals surface area (Å²) in [5, 5.41) is 0. The molecule has 1 aromatic carbocycles. The van der Waals surface area contributed by atoms with Crippen LogP contribution >= 0.6 is 15.9 Å². The SMILES string of the molecule is COCC(C)N(C)C(=O)c1cc(Br)cc(N)c1C. The first-order valence-corrected chi connectivity index (χ1v) is 6.49. The Hall–Kier alpha value is -1.07. The molecule has 4 nitrogen and oxygen atoms in total. The highest BCUT2D eigenvalue weighted by Crippen LogP contribution is 2.24. The van der Waals surface area contributed by atoms with Gasteiger partial charge in [-0.2, -0.15) is 0 Å². The van der Waals surface area contributed by atoms with Crippen LogP contribution < -0.4 is 5.73 Å². The summed E-state index contributed by atoms with van der Waals surface area (Å²) >= 11 is 3.36. The summed E-state index contributed by atoms with van der Waals surface area (Å²) in [7, 11) is 3.39. The second-order valence-electron chi connectivity index (χ2n) is 4.39. The first-order chi connectivity index (χ1) is 8.38. The number of nitrogens with zero attached hydrogens (tertiary/aromatic N) is 1. The van der Waals surface area contributed by atoms with Gasteiger partial charge in [-0.15, -0.1) is 0 Å². The minimum absolute atomic E-state index is 0.0158. The van der Waals surface area contributed by atoms with E-state index >= 15 is 0 Å². The van der Waals surface area contributed by atoms with Crippen LogP contribution in [0.25, 0.3) is 0 Å². The Balaban J connectivity index is 3.04. The molecular formula is C13H19BrN2O2. The van der Waals surface area contributed by atoms with Crippen molar-refractivity contribution in [1.29, 1.82) is 0 Å². The molecule has 0 saturated carbocycles. The Kier molecular flexibility index (Phi) is 5.16. The van der Waals surface area contributed by atoms with E-state index in [2.05, 4.69) is 15.9 Å². The summed E-state index contributed by atoms with van der Waals surface area (Å²) in [4.78, 5) is 14.0. The van der Waals surface area contributed by atoms with Crippen molar-refractivity contribution in [3.63, 3.8) is 0 Å². The van der Waals surface area contributed by atoms with Crippen LogP contribution in [0.5, 0.6) is 0 Å². The number of nitrogens with two attached hydrogens (primary N) is 1. The molecule has 0 bridgehead atoms. The maximum atomic E-state index is 12.4. The third-order valence-electron chi connectivity index (χ3n) is 3.03. The third-order valence-corrected chi connectivity index (χ3v) is 3.49. The standard InChI is InChI=1S/C13H19BrN2O2/c1-8(7-18-4)16(3)13(17)11-5-10(14)6-12(15)9(11)2/h5-6,8H,7,15H2,1-4H3. The summed E-state index contributed by atoms with van der Waals surface area (Å²) < 4.78 is 5.87. The molecule has 100 valence electrons. The quantitative estimate of drug-likeness (QED) is 0.868. The molecule has 1 rings (SSSR count). The average molecular weight is 315 g/mol. The zero-order valence-corrected chi connectivity index (χ0v) is 12.7. The van der Waals surface area contributed by atoms with Crippen molar-refractivity contribution in [3.05, 3.63) is 27.7 Å². The van der Waals surface area contributed by atoms with E-state index in [0.29, 0.717) is 17.9 Å². The van der Waals surface area contributed by atoms with Gasteiger partial charge >= 0.3 is 0 Å². The van der Waals surface area contributed by atoms with Crippen LogP contribution in [0.1, 0.15) is 22.8 Å². The highest BCUT2D eigenvalue weighted by atomic mass is 79.9. The smallest absolute Gasteiger partial charge is 0.254 e. The molecule has 2 N–H and O–H groups in total. The Labute approximate surface area is 116 Å². The van der Waals surface area contributed by atoms with E-state index in [1.54, 1.807) is 31.2 Å². The van der Waals surface area contributed by atoms with Gasteiger partial charge in [0, 0.05) is 29.9 Å². The summed E-state index contributed by atoms with van der Waals surface area (Å²) in [6.45, 7) is 4.30. The van der Waals surface area contributed by atoms with Crippen LogP contribution in [0.15, 0.2) is 16.6 Å². The zero-order valence-electron chi connectivity index (χ0n) is 11.2. The number of carbonyl (C=O) groups excluding carboxylic acids is 1. The molecule has 0 radical (unpaired) electrons. The molecule has 5 heteroatoms. The second-order valence-corrected chi connectivity index (χ2v) is 5.30. The van der Waals surface area contributed by atoms with Gasteiger partial charge in [-0.1, -0.05) is 15.9 Å². The van der Waals surface area contributed by atoms with Crippen LogP contribution in [0.2, 0.25) is 0 Å². The first-order valence-electron chi connectivity index (χ1n) is 5.70. The van der Waals surface area contributed by atoms with Crippen LogP contribution in [-0.2, 0) is 4.74 Å². The summed E-state index contributed by atoms with van der Waals surface area (Å²) in [5.41, 5.74) is 7.90. The van der Waals surface area contributed by atoms with Gasteiger partial charge < -0.3 is 15.4 Å². The lowest BCUT2D eigenvalue weighted by atomic mass is 10.1. The number of anilines is 1. The van der Waals surface area contributed by atoms with Gasteiger partial charge in [0.2, 0.25) is 0 Å². The van der Waals surface area contributed by atoms with Crippen LogP contribution in [0.3, 0.4) is 0 Å². The number of hydrogen-bond donors (Lipinski definition) is 1. The summed E-state index contributed by atoms with van der Waals surface area (Å²) in [6.07, 6.45) is 0. The minimum Gasteiger partial charge on any atom is -0.398 e. The summed E-state index contributed by atoms with van der Waals surface area (Å²) in [5.74, 6) is -0.0509. The number of likely N-dealkylation sites (N-methyl/N-ethyl adjacent to an activating group) is 1. The van der Waals surface area contributed by atoms with E-state index in [0.717, 1.165) is 10.0 Å². The molecule has 1 unspecified atom stereocenters. The Morgan fingerprint density at radius 3 is 2.72 bits per heavy atom. The van der Waals surface area contributed by atoms with Crippen molar-refractivity contribution in [2.45, 2.75) is 19.9 Å². The molecule has 1 amide bonds. The fourth-order valence-electron chi connectivity index (χ4n) is 1.67. The number of nitrogen functional groups attached to an aromatic ring is 1. The predicted octanol–water partition coefficient (Wildman–Crippen LogP) is 2.45. The van der Waals surface area contributed by atoms with E-state index in [-0.39, 0.29) is 11.9 Å². The normalized spacial score (nSPS) is 12.3. The van der Waals surface area contributed by atoms with E-state index in [4.69, 9.17) is 10.5 Å². The molecule has 0 spiro atoms. The minimum atomic E-state index is -0.0509. The van der Waals surface area contributed by atoms with Gasteiger partial charge in [-0.25, -0.2) is 0 Å². The molecule has 1 atom stereocenters. The van der Waals surface area contributed by atoms with E-state index < -0.39 is 0 Å². The van der Waals surface area contributed by atoms with Crippen molar-refractivity contribution in [3.8, 4) is 0 Å². The maximum Gasteiger partial charge on any atom is 0.254 e. The molecule has 0 aromatic heterocycles. The number of rotatable bonds is 4. The lowest BCUT2D eigenvalue weighted by Gasteiger charge is -2.25. The van der Waals surface area contributed by atoms with Crippen molar-refractivity contribution < 1.29 is 9.53 Å². The molecule has 0 aliphatic heterocycles. The van der Waals surface area contributed by atoms with Gasteiger partial charge in [0.15, 0.2) is 0 Å². The second kappa shape index (κ2) is 6.20. The number of hydrogen-bond acceptors (Lipinski definition) is 3. The van der Waals surface area contributed by atoms with Gasteiger partial charge in [-0.3, -0.25) is 4.79 Å². The molecule has 18 heavy (non-hydrogen) atoms. The number of benzene rings is 1. The summed E-state index contributed by atoms with van der Waals surface area (Å²) in [6, 6.07) is 3.61. The average Bonchev–Trinajstić information content (AvgIpc) is 2.32. The zero-order chi connectivity index (χ0) is 13.9. The number of halogens is 1. The van der Waals surface area contributed by atoms with E-state index in [1.165, 1.54) is 0 Å². The Bertz CT molecular complexity index is 449. The van der Waals surface area contributed by atoms with Crippen molar-refractivity contribution in [1.82, 2.24) is 4.90 Å². The Morgan fingerprint density at radius 1 is 1.56 bits per heavy atom. The monoisotopic (exact) mass is 314 g/mol. The van der Waals surface area contributed by atoms with E-state index in [9.17, 15) is 4.79 Å². The molecule has 0 saturated heterocycles. The molecule has 0 aliphatic carbocycles. The van der Waals surface area contributed by atoms with Gasteiger partial charge in [0.25, 0.3) is 5.91 Å². The third kappa shape index (κ3) is 3.23. The molecular weight excluding hydrogens is 296 g/mol. The van der Waals surface area contributed by atoms with Gasteiger partial charge in [-0.05, 0) is 31.5 Å². The van der Waals surface area contributed by atoms with Crippen LogP contribution in [0, 0.1) is 6.92 Å². The predicted molar refractivity (Wildman–Crippen MR) is 76.7 cm³/mol. The molecule has 0 heterocycles. The number of amides is 1. The first kappa shape index (κ1) is 15.0. The van der Waals surface area contributed by atoms with Crippen molar-refractivity contribution in [2.75, 3.05) is 26.5 Å². The molecule has 1 aromatic rings. The highest BCUT2D eigenvalue weighted by Gasteiger charge is 2.20. The maximum absolute atomic E-state index is 12.4. The topological polar surface area (TPSA) is 55.6 Å². The van der Waals surface area contributed by atoms with Crippen molar-refractivity contribution in [2.24, 2.45) is 0 Å².